The molecule has 53 heavy (non-hydrogen) atoms. The lowest BCUT2D eigenvalue weighted by Gasteiger charge is -2.22. The smallest absolute Gasteiger partial charge is 0.346 e. The van der Waals surface area contributed by atoms with E-state index in [1.807, 2.05) is 13.8 Å². The zero-order valence-corrected chi connectivity index (χ0v) is 26.2. The Kier molecular flexibility index (Phi) is 15.9. The number of carbonyl (C=O) groups excluding carboxylic acids is 4. The number of ether oxygens (including phenoxy) is 6. The van der Waals surface area contributed by atoms with Crippen molar-refractivity contribution in [1.29, 1.82) is 0 Å². The third-order valence-electron chi connectivity index (χ3n) is 7.55. The van der Waals surface area contributed by atoms with Crippen molar-refractivity contribution in [3.63, 3.8) is 0 Å². The number of rotatable bonds is 12. The first kappa shape index (κ1) is 44.7. The maximum absolute atomic E-state index is 14.7. The Labute approximate surface area is 308 Å². The highest BCUT2D eigenvalue weighted by atomic mass is 19.1. The maximum Gasteiger partial charge on any atom is 0.346 e. The minimum Gasteiger partial charge on any atom is -0.457 e. The van der Waals surface area contributed by atoms with Crippen LogP contribution < -0.4 is 18.9 Å². The Balaban J connectivity index is 0.00000351. The average molecular weight is 735 g/mol. The largest absolute Gasteiger partial charge is 0.457 e. The molecule has 1 aliphatic carbocycles. The van der Waals surface area contributed by atoms with Crippen LogP contribution >= 0.6 is 0 Å². The van der Waals surface area contributed by atoms with Crippen LogP contribution in [0.3, 0.4) is 0 Å². The lowest BCUT2D eigenvalue weighted by atomic mass is 9.82. The van der Waals surface area contributed by atoms with E-state index < -0.39 is 54.5 Å². The van der Waals surface area contributed by atoms with Gasteiger partial charge in [0.2, 0.25) is 13.6 Å². The first-order valence-electron chi connectivity index (χ1n) is 14.6. The van der Waals surface area contributed by atoms with Gasteiger partial charge >= 0.3 is 23.9 Å². The third-order valence-corrected chi connectivity index (χ3v) is 7.55. The van der Waals surface area contributed by atoms with Gasteiger partial charge in [-0.05, 0) is 70.8 Å². The molecule has 4 aromatic rings. The van der Waals surface area contributed by atoms with Crippen LogP contribution in [0.1, 0.15) is 75.4 Å². The van der Waals surface area contributed by atoms with Crippen molar-refractivity contribution >= 4 is 23.9 Å². The summed E-state index contributed by atoms with van der Waals surface area (Å²) in [6.07, 6.45) is 1.91. The number of halogens is 2. The fraction of sp³-hybridized carbons (Fsp3) is 0.220. The van der Waals surface area contributed by atoms with Gasteiger partial charge in [-0.15, -0.1) is 0 Å². The summed E-state index contributed by atoms with van der Waals surface area (Å²) < 4.78 is 60.2. The number of hydrogen-bond donors (Lipinski definition) is 0. The summed E-state index contributed by atoms with van der Waals surface area (Å²) in [5.74, 6) is -4.67. The highest BCUT2D eigenvalue weighted by Crippen LogP contribution is 2.50. The quantitative estimate of drug-likeness (QED) is 0.0602. The number of fused-ring (bicyclic) bond motifs is 3. The minimum atomic E-state index is -0.937. The topological polar surface area (TPSA) is 124 Å². The van der Waals surface area contributed by atoms with Crippen LogP contribution in [0.2, 0.25) is 0 Å². The summed E-state index contributed by atoms with van der Waals surface area (Å²) in [5, 5.41) is 0. The second kappa shape index (κ2) is 18.8. The van der Waals surface area contributed by atoms with Crippen LogP contribution in [-0.4, -0.2) is 37.5 Å². The van der Waals surface area contributed by atoms with Gasteiger partial charge in [-0.1, -0.05) is 68.8 Å². The van der Waals surface area contributed by atoms with E-state index in [9.17, 15) is 28.0 Å². The van der Waals surface area contributed by atoms with E-state index in [1.54, 1.807) is 36.4 Å². The molecule has 4 aromatic carbocycles. The van der Waals surface area contributed by atoms with Gasteiger partial charge in [-0.2, -0.15) is 0 Å². The SMILES string of the molecule is C.C.C.C.C=CC(=O)OCOc1ccc(C(=O)Oc2ccc3c(c2)C(C)(C)c2cc(OC(=O)c4ccc(OCOC(=O)C=C)cc4F)ccc2-3)c(F)c1. The molecule has 0 atom stereocenters. The van der Waals surface area contributed by atoms with E-state index in [0.717, 1.165) is 46.5 Å². The van der Waals surface area contributed by atoms with Crippen LogP contribution in [0.25, 0.3) is 11.1 Å². The third kappa shape index (κ3) is 9.94. The molecule has 0 unspecified atom stereocenters. The molecule has 1 aliphatic rings. The highest BCUT2D eigenvalue weighted by Gasteiger charge is 2.36. The molecule has 0 N–H and O–H groups in total. The monoisotopic (exact) mass is 734 g/mol. The zero-order valence-electron chi connectivity index (χ0n) is 26.2. The molecule has 282 valence electrons. The second-order valence-electron chi connectivity index (χ2n) is 11.0. The molecule has 5 rings (SSSR count). The molecule has 0 saturated carbocycles. The Bertz CT molecular complexity index is 1860. The van der Waals surface area contributed by atoms with E-state index in [1.165, 1.54) is 24.3 Å². The fourth-order valence-corrected chi connectivity index (χ4v) is 5.08. The van der Waals surface area contributed by atoms with Gasteiger partial charge in [-0.25, -0.2) is 28.0 Å². The van der Waals surface area contributed by atoms with Crippen molar-refractivity contribution in [2.24, 2.45) is 0 Å². The lowest BCUT2D eigenvalue weighted by Crippen LogP contribution is -2.17. The zero-order chi connectivity index (χ0) is 35.3. The van der Waals surface area contributed by atoms with E-state index in [2.05, 4.69) is 13.2 Å². The van der Waals surface area contributed by atoms with Crippen LogP contribution in [0, 0.1) is 11.6 Å². The number of benzene rings is 4. The summed E-state index contributed by atoms with van der Waals surface area (Å²) in [6.45, 7) is 9.46. The standard InChI is InChI=1S/C37H28F2O10.4CH4/c1-5-33(40)46-19-44-21-7-13-27(31(38)17-21)35(42)48-23-9-11-25-26-12-10-24(16-30(26)37(3,4)29(25)15-23)49-36(43)28-14-8-22(18-32(28)39)45-20-47-34(41)6-2;;;;/h5-18H,1-2,19-20H2,3-4H3;4*1H4. The summed E-state index contributed by atoms with van der Waals surface area (Å²) in [4.78, 5) is 48.0. The molecule has 0 saturated heterocycles. The van der Waals surface area contributed by atoms with Crippen molar-refractivity contribution < 1.29 is 56.4 Å². The number of hydrogen-bond acceptors (Lipinski definition) is 10. The molecule has 0 fully saturated rings. The molecule has 0 heterocycles. The Morgan fingerprint density at radius 2 is 0.943 bits per heavy atom. The van der Waals surface area contributed by atoms with Crippen LogP contribution in [0.15, 0.2) is 98.1 Å². The molecule has 10 nitrogen and oxygen atoms in total. The summed E-state index contributed by atoms with van der Waals surface area (Å²) in [6, 6.07) is 17.0. The molecule has 12 heteroatoms. The van der Waals surface area contributed by atoms with E-state index in [-0.39, 0.29) is 63.8 Å². The molecule has 0 spiro atoms. The van der Waals surface area contributed by atoms with Gasteiger partial charge in [0, 0.05) is 29.7 Å². The Morgan fingerprint density at radius 3 is 1.28 bits per heavy atom. The predicted molar refractivity (Wildman–Crippen MR) is 197 cm³/mol. The van der Waals surface area contributed by atoms with E-state index in [4.69, 9.17) is 28.4 Å². The highest BCUT2D eigenvalue weighted by molar-refractivity contribution is 5.93. The average Bonchev–Trinajstić information content (AvgIpc) is 3.29. The minimum absolute atomic E-state index is 0. The normalized spacial score (nSPS) is 11.2. The summed E-state index contributed by atoms with van der Waals surface area (Å²) in [5.41, 5.74) is 1.99. The van der Waals surface area contributed by atoms with Crippen molar-refractivity contribution in [2.75, 3.05) is 13.6 Å². The van der Waals surface area contributed by atoms with Gasteiger partial charge in [0.05, 0.1) is 11.1 Å². The van der Waals surface area contributed by atoms with Crippen molar-refractivity contribution in [2.45, 2.75) is 49.0 Å². The van der Waals surface area contributed by atoms with Crippen LogP contribution in [0.5, 0.6) is 23.0 Å². The van der Waals surface area contributed by atoms with Gasteiger partial charge in [0.1, 0.15) is 34.6 Å². The lowest BCUT2D eigenvalue weighted by molar-refractivity contribution is -0.145. The molecule has 0 aromatic heterocycles. The van der Waals surface area contributed by atoms with Crippen molar-refractivity contribution in [1.82, 2.24) is 0 Å². The number of carbonyl (C=O) groups is 4. The molecular formula is C41H44F2O10. The van der Waals surface area contributed by atoms with Gasteiger partial charge < -0.3 is 28.4 Å². The van der Waals surface area contributed by atoms with E-state index >= 15 is 0 Å². The maximum atomic E-state index is 14.7. The first-order valence-corrected chi connectivity index (χ1v) is 14.6. The van der Waals surface area contributed by atoms with Gasteiger partial charge in [0.25, 0.3) is 0 Å². The molecule has 0 bridgehead atoms. The Morgan fingerprint density at radius 1 is 0.585 bits per heavy atom. The second-order valence-corrected chi connectivity index (χ2v) is 11.0. The Hall–Kier alpha value is -6.30. The predicted octanol–water partition coefficient (Wildman–Crippen LogP) is 9.38. The van der Waals surface area contributed by atoms with Gasteiger partial charge in [0.15, 0.2) is 0 Å². The van der Waals surface area contributed by atoms with Crippen LogP contribution in [0.4, 0.5) is 8.78 Å². The fourth-order valence-electron chi connectivity index (χ4n) is 5.08. The van der Waals surface area contributed by atoms with Crippen LogP contribution in [-0.2, 0) is 24.5 Å². The van der Waals surface area contributed by atoms with Gasteiger partial charge in [-0.3, -0.25) is 0 Å². The van der Waals surface area contributed by atoms with Crippen molar-refractivity contribution in [3.8, 4) is 34.1 Å². The molecule has 0 radical (unpaired) electrons. The summed E-state index contributed by atoms with van der Waals surface area (Å²) >= 11 is 0. The molecule has 0 amide bonds. The molecular weight excluding hydrogens is 690 g/mol. The van der Waals surface area contributed by atoms with E-state index in [0.29, 0.717) is 0 Å². The summed E-state index contributed by atoms with van der Waals surface area (Å²) in [7, 11) is 0. The molecule has 0 aliphatic heterocycles. The number of esters is 4. The first-order chi connectivity index (χ1) is 23.4. The van der Waals surface area contributed by atoms with Crippen molar-refractivity contribution in [3.05, 3.63) is 132 Å².